The van der Waals surface area contributed by atoms with Gasteiger partial charge in [0, 0.05) is 0 Å². The van der Waals surface area contributed by atoms with Gasteiger partial charge in [0.25, 0.3) is 5.91 Å². The van der Waals surface area contributed by atoms with Crippen LogP contribution in [0.15, 0.2) is 42.5 Å². The van der Waals surface area contributed by atoms with E-state index in [9.17, 15) is 18.4 Å². The highest BCUT2D eigenvalue weighted by molar-refractivity contribution is 5.97. The SMILES string of the molecule is Cc1ccc(COC(=O)[C@@H](NC(=O)c2c(F)cccc2F)C(C)C)cc1. The zero-order chi connectivity index (χ0) is 19.3. The summed E-state index contributed by atoms with van der Waals surface area (Å²) >= 11 is 0. The lowest BCUT2D eigenvalue weighted by Gasteiger charge is -2.21. The third-order valence-corrected chi connectivity index (χ3v) is 3.90. The first-order valence-electron chi connectivity index (χ1n) is 8.26. The number of nitrogens with one attached hydrogen (secondary N) is 1. The van der Waals surface area contributed by atoms with Gasteiger partial charge in [0.2, 0.25) is 0 Å². The number of carbonyl (C=O) groups is 2. The Morgan fingerprint density at radius 2 is 1.62 bits per heavy atom. The molecule has 0 bridgehead atoms. The summed E-state index contributed by atoms with van der Waals surface area (Å²) in [5, 5.41) is 2.37. The summed E-state index contributed by atoms with van der Waals surface area (Å²) in [5.41, 5.74) is 1.17. The summed E-state index contributed by atoms with van der Waals surface area (Å²) in [7, 11) is 0. The van der Waals surface area contributed by atoms with Gasteiger partial charge in [-0.3, -0.25) is 4.79 Å². The van der Waals surface area contributed by atoms with E-state index in [4.69, 9.17) is 4.74 Å². The molecule has 26 heavy (non-hydrogen) atoms. The number of ether oxygens (including phenoxy) is 1. The number of rotatable bonds is 6. The Balaban J connectivity index is 2.06. The first-order valence-corrected chi connectivity index (χ1v) is 8.26. The van der Waals surface area contributed by atoms with Gasteiger partial charge in [0.15, 0.2) is 0 Å². The van der Waals surface area contributed by atoms with Crippen LogP contribution >= 0.6 is 0 Å². The van der Waals surface area contributed by atoms with E-state index in [0.717, 1.165) is 29.3 Å². The van der Waals surface area contributed by atoms with Crippen molar-refractivity contribution in [2.24, 2.45) is 5.92 Å². The number of benzene rings is 2. The Kier molecular flexibility index (Phi) is 6.44. The first kappa shape index (κ1) is 19.6. The fourth-order valence-electron chi connectivity index (χ4n) is 2.35. The summed E-state index contributed by atoms with van der Waals surface area (Å²) < 4.78 is 32.7. The van der Waals surface area contributed by atoms with Gasteiger partial charge in [-0.15, -0.1) is 0 Å². The van der Waals surface area contributed by atoms with E-state index in [2.05, 4.69) is 5.32 Å². The molecule has 0 fully saturated rings. The lowest BCUT2D eigenvalue weighted by Crippen LogP contribution is -2.45. The molecule has 2 aromatic carbocycles. The molecule has 1 N–H and O–H groups in total. The van der Waals surface area contributed by atoms with Crippen LogP contribution in [-0.2, 0) is 16.1 Å². The third-order valence-electron chi connectivity index (χ3n) is 3.90. The molecule has 0 spiro atoms. The Bertz CT molecular complexity index is 768. The van der Waals surface area contributed by atoms with E-state index in [0.29, 0.717) is 0 Å². The van der Waals surface area contributed by atoms with Crippen molar-refractivity contribution in [2.45, 2.75) is 33.4 Å². The lowest BCUT2D eigenvalue weighted by atomic mass is 10.0. The van der Waals surface area contributed by atoms with Gasteiger partial charge in [-0.2, -0.15) is 0 Å². The van der Waals surface area contributed by atoms with Gasteiger partial charge in [-0.1, -0.05) is 49.7 Å². The monoisotopic (exact) mass is 361 g/mol. The predicted octanol–water partition coefficient (Wildman–Crippen LogP) is 3.77. The van der Waals surface area contributed by atoms with Crippen molar-refractivity contribution < 1.29 is 23.1 Å². The zero-order valence-corrected chi connectivity index (χ0v) is 14.9. The quantitative estimate of drug-likeness (QED) is 0.797. The fourth-order valence-corrected chi connectivity index (χ4v) is 2.35. The van der Waals surface area contributed by atoms with Crippen LogP contribution in [0.5, 0.6) is 0 Å². The van der Waals surface area contributed by atoms with E-state index in [1.165, 1.54) is 0 Å². The van der Waals surface area contributed by atoms with E-state index in [1.807, 2.05) is 31.2 Å². The Morgan fingerprint density at radius 3 is 2.15 bits per heavy atom. The summed E-state index contributed by atoms with van der Waals surface area (Å²) in [6, 6.07) is 9.57. The number of amides is 1. The molecule has 6 heteroatoms. The molecule has 0 heterocycles. The van der Waals surface area contributed by atoms with Crippen molar-refractivity contribution in [1.29, 1.82) is 0 Å². The van der Waals surface area contributed by atoms with Crippen LogP contribution in [0, 0.1) is 24.5 Å². The number of esters is 1. The number of carbonyl (C=O) groups excluding carboxylic acids is 2. The molecule has 1 atom stereocenters. The van der Waals surface area contributed by atoms with Crippen molar-refractivity contribution >= 4 is 11.9 Å². The van der Waals surface area contributed by atoms with Crippen molar-refractivity contribution in [2.75, 3.05) is 0 Å². The van der Waals surface area contributed by atoms with Gasteiger partial charge < -0.3 is 10.1 Å². The van der Waals surface area contributed by atoms with Gasteiger partial charge in [0.1, 0.15) is 29.8 Å². The highest BCUT2D eigenvalue weighted by Crippen LogP contribution is 2.14. The molecular weight excluding hydrogens is 340 g/mol. The van der Waals surface area contributed by atoms with E-state index in [-0.39, 0.29) is 12.5 Å². The van der Waals surface area contributed by atoms with Crippen LogP contribution in [-0.4, -0.2) is 17.9 Å². The molecule has 0 radical (unpaired) electrons. The highest BCUT2D eigenvalue weighted by atomic mass is 19.1. The van der Waals surface area contributed by atoms with Crippen molar-refractivity contribution in [3.63, 3.8) is 0 Å². The second kappa shape index (κ2) is 8.56. The third kappa shape index (κ3) is 4.88. The molecule has 0 saturated carbocycles. The Hall–Kier alpha value is -2.76. The number of aryl methyl sites for hydroxylation is 1. The van der Waals surface area contributed by atoms with Crippen LogP contribution in [0.4, 0.5) is 8.78 Å². The molecular formula is C20H21F2NO3. The smallest absolute Gasteiger partial charge is 0.329 e. The first-order chi connectivity index (χ1) is 12.3. The summed E-state index contributed by atoms with van der Waals surface area (Å²) in [6.45, 7) is 5.40. The molecule has 0 saturated heterocycles. The maximum Gasteiger partial charge on any atom is 0.329 e. The predicted molar refractivity (Wildman–Crippen MR) is 93.4 cm³/mol. The molecule has 0 aromatic heterocycles. The lowest BCUT2D eigenvalue weighted by molar-refractivity contribution is -0.148. The number of halogens is 2. The molecule has 4 nitrogen and oxygen atoms in total. The van der Waals surface area contributed by atoms with Gasteiger partial charge in [0.05, 0.1) is 0 Å². The van der Waals surface area contributed by atoms with Gasteiger partial charge in [-0.05, 0) is 30.5 Å². The fraction of sp³-hybridized carbons (Fsp3) is 0.300. The topological polar surface area (TPSA) is 55.4 Å². The number of hydrogen-bond acceptors (Lipinski definition) is 3. The van der Waals surface area contributed by atoms with Crippen LogP contribution in [0.2, 0.25) is 0 Å². The van der Waals surface area contributed by atoms with Crippen molar-refractivity contribution in [3.05, 3.63) is 70.8 Å². The molecule has 0 aliphatic carbocycles. The minimum absolute atomic E-state index is 0.0479. The summed E-state index contributed by atoms with van der Waals surface area (Å²) in [5.74, 6) is -3.95. The minimum Gasteiger partial charge on any atom is -0.459 e. The second-order valence-corrected chi connectivity index (χ2v) is 6.39. The molecule has 0 aliphatic rings. The standard InChI is InChI=1S/C20H21F2NO3/c1-12(2)18(20(25)26-11-14-9-7-13(3)8-10-14)23-19(24)17-15(21)5-4-6-16(17)22/h4-10,12,18H,11H2,1-3H3,(H,23,24)/t18-/m0/s1. The Labute approximate surface area is 151 Å². The summed E-state index contributed by atoms with van der Waals surface area (Å²) in [6.07, 6.45) is 0. The summed E-state index contributed by atoms with van der Waals surface area (Å²) in [4.78, 5) is 24.6. The Morgan fingerprint density at radius 1 is 1.04 bits per heavy atom. The van der Waals surface area contributed by atoms with E-state index >= 15 is 0 Å². The molecule has 2 aromatic rings. The average molecular weight is 361 g/mol. The van der Waals surface area contributed by atoms with Crippen molar-refractivity contribution in [3.8, 4) is 0 Å². The molecule has 2 rings (SSSR count). The number of hydrogen-bond donors (Lipinski definition) is 1. The molecule has 0 aliphatic heterocycles. The maximum absolute atomic E-state index is 13.7. The van der Waals surface area contributed by atoms with Crippen LogP contribution in [0.3, 0.4) is 0 Å². The zero-order valence-electron chi connectivity index (χ0n) is 14.9. The minimum atomic E-state index is -1.02. The normalized spacial score (nSPS) is 11.9. The second-order valence-electron chi connectivity index (χ2n) is 6.39. The van der Waals surface area contributed by atoms with Gasteiger partial charge >= 0.3 is 5.97 Å². The highest BCUT2D eigenvalue weighted by Gasteiger charge is 2.28. The maximum atomic E-state index is 13.7. The molecule has 1 amide bonds. The largest absolute Gasteiger partial charge is 0.459 e. The van der Waals surface area contributed by atoms with Crippen LogP contribution in [0.1, 0.15) is 35.3 Å². The average Bonchev–Trinajstić information content (AvgIpc) is 2.58. The van der Waals surface area contributed by atoms with E-state index in [1.54, 1.807) is 13.8 Å². The van der Waals surface area contributed by atoms with Gasteiger partial charge in [-0.25, -0.2) is 13.6 Å². The van der Waals surface area contributed by atoms with Crippen LogP contribution < -0.4 is 5.32 Å². The molecule has 138 valence electrons. The van der Waals surface area contributed by atoms with E-state index < -0.39 is 35.1 Å². The van der Waals surface area contributed by atoms with Crippen LogP contribution in [0.25, 0.3) is 0 Å². The van der Waals surface area contributed by atoms with Crippen molar-refractivity contribution in [1.82, 2.24) is 5.32 Å². The molecule has 0 unspecified atom stereocenters.